The van der Waals surface area contributed by atoms with Crippen LogP contribution in [0.5, 0.6) is 0 Å². The molecule has 2 aromatic carbocycles. The van der Waals surface area contributed by atoms with E-state index >= 15 is 0 Å². The smallest absolute Gasteiger partial charge is 0.346 e. The van der Waals surface area contributed by atoms with Gasteiger partial charge in [-0.1, -0.05) is 107 Å². The lowest BCUT2D eigenvalue weighted by Crippen LogP contribution is -2.78. The first-order chi connectivity index (χ1) is 27.5. The summed E-state index contributed by atoms with van der Waals surface area (Å²) in [5.74, 6) is -8.61. The first-order valence-electron chi connectivity index (χ1n) is 19.4. The van der Waals surface area contributed by atoms with Gasteiger partial charge in [0.05, 0.1) is 14.2 Å². The van der Waals surface area contributed by atoms with Gasteiger partial charge in [-0.25, -0.2) is 19.2 Å². The van der Waals surface area contributed by atoms with E-state index in [1.807, 2.05) is 51.1 Å². The lowest BCUT2D eigenvalue weighted by Gasteiger charge is -2.49. The highest BCUT2D eigenvalue weighted by molar-refractivity contribution is 5.99. The van der Waals surface area contributed by atoms with Crippen LogP contribution in [0.2, 0.25) is 0 Å². The molecule has 2 N–H and O–H groups in total. The summed E-state index contributed by atoms with van der Waals surface area (Å²) in [7, 11) is 1.79. The second kappa shape index (κ2) is 19.7. The van der Waals surface area contributed by atoms with Crippen LogP contribution < -0.4 is 0 Å². The normalized spacial score (nSPS) is 27.1. The van der Waals surface area contributed by atoms with Crippen molar-refractivity contribution in [3.05, 3.63) is 96.1 Å². The van der Waals surface area contributed by atoms with Gasteiger partial charge in [-0.3, -0.25) is 4.79 Å². The molecule has 2 heterocycles. The van der Waals surface area contributed by atoms with Crippen LogP contribution in [-0.4, -0.2) is 95.7 Å². The Morgan fingerprint density at radius 2 is 1.53 bits per heavy atom. The number of allylic oxidation sites excluding steroid dienone is 1. The summed E-state index contributed by atoms with van der Waals surface area (Å²) < 4.78 is 39.4. The number of rotatable bonds is 19. The molecule has 0 aliphatic carbocycles. The van der Waals surface area contributed by atoms with Crippen molar-refractivity contribution in [2.24, 2.45) is 17.8 Å². The average Bonchev–Trinajstić information content (AvgIpc) is 3.43. The van der Waals surface area contributed by atoms with E-state index < -0.39 is 77.7 Å². The number of carbonyl (C=O) groups excluding carboxylic acids is 5. The molecule has 2 saturated heterocycles. The van der Waals surface area contributed by atoms with Gasteiger partial charge in [-0.05, 0) is 47.8 Å². The molecule has 0 spiro atoms. The van der Waals surface area contributed by atoms with Crippen LogP contribution in [0.25, 0.3) is 0 Å². The number of aliphatic hydroxyl groups is 2. The first-order valence-corrected chi connectivity index (χ1v) is 19.4. The van der Waals surface area contributed by atoms with Crippen molar-refractivity contribution in [3.8, 4) is 0 Å². The molecule has 14 nitrogen and oxygen atoms in total. The minimum absolute atomic E-state index is 0.0769. The van der Waals surface area contributed by atoms with Gasteiger partial charge in [0.1, 0.15) is 18.8 Å². The van der Waals surface area contributed by atoms with Crippen molar-refractivity contribution < 1.29 is 67.3 Å². The topological polar surface area (TPSA) is 190 Å². The van der Waals surface area contributed by atoms with Gasteiger partial charge in [0.2, 0.25) is 17.5 Å². The van der Waals surface area contributed by atoms with Gasteiger partial charge in [0.25, 0.3) is 5.60 Å². The molecule has 1 unspecified atom stereocenters. The van der Waals surface area contributed by atoms with E-state index in [4.69, 9.17) is 33.2 Å². The van der Waals surface area contributed by atoms with Crippen molar-refractivity contribution >= 4 is 29.8 Å². The number of methoxy groups -OCH3 is 2. The lowest BCUT2D eigenvalue weighted by molar-refractivity contribution is -0.375. The summed E-state index contributed by atoms with van der Waals surface area (Å²) in [6.45, 7) is 13.0. The van der Waals surface area contributed by atoms with E-state index in [0.29, 0.717) is 23.5 Å². The van der Waals surface area contributed by atoms with E-state index in [-0.39, 0.29) is 24.9 Å². The van der Waals surface area contributed by atoms with E-state index in [9.17, 15) is 34.2 Å². The molecule has 2 aliphatic heterocycles. The molecule has 2 aromatic rings. The first kappa shape index (κ1) is 45.8. The summed E-state index contributed by atoms with van der Waals surface area (Å²) in [6, 6.07) is 18.0. The molecular weight excluding hydrogens is 752 g/mol. The molecule has 2 aliphatic rings. The third-order valence-electron chi connectivity index (χ3n) is 10.8. The molecule has 0 aromatic heterocycles. The van der Waals surface area contributed by atoms with E-state index in [1.54, 1.807) is 36.4 Å². The van der Waals surface area contributed by atoms with Gasteiger partial charge in [0.15, 0.2) is 6.10 Å². The number of hydrogen-bond donors (Lipinski definition) is 2. The summed E-state index contributed by atoms with van der Waals surface area (Å²) >= 11 is 0. The lowest BCUT2D eigenvalue weighted by atomic mass is 9.74. The number of hydrogen-bond acceptors (Lipinski definition) is 14. The molecule has 10 atom stereocenters. The van der Waals surface area contributed by atoms with Crippen LogP contribution in [0.3, 0.4) is 0 Å². The van der Waals surface area contributed by atoms with Gasteiger partial charge >= 0.3 is 29.8 Å². The van der Waals surface area contributed by atoms with Crippen LogP contribution in [0.15, 0.2) is 85.0 Å². The molecule has 4 rings (SSSR count). The highest BCUT2D eigenvalue weighted by Gasteiger charge is 2.86. The molecule has 2 fully saturated rings. The van der Waals surface area contributed by atoms with Crippen LogP contribution in [-0.2, 0) is 70.2 Å². The fraction of sp³-hybridized carbons (Fsp3) is 0.523. The Labute approximate surface area is 339 Å². The van der Waals surface area contributed by atoms with Gasteiger partial charge < -0.3 is 43.4 Å². The minimum atomic E-state index is -3.47. The fourth-order valence-electron chi connectivity index (χ4n) is 7.66. The molecule has 316 valence electrons. The van der Waals surface area contributed by atoms with Crippen LogP contribution in [0.4, 0.5) is 0 Å². The molecule has 0 saturated carbocycles. The standard InChI is InChI=1S/C44H56O14/c1-9-27(2)24-28(3)20-21-34(46)56-37-36(47)42(23-22-29(4)35(55-31(6)45)30(5)25-32-16-12-10-13-17-32)57-38(39(48)54-26-33-18-14-11-15-19-33)43(51,40(49)52-7)44(37,58-42)41(50)53-8/h10-21,27-28,30,35-38,47,51H,4,9,22-26H2,1-3,5-8H3/b21-20+/t27-,28+,30+,35?,36+,37+,38+,42+,43+,44+/m0/s1. The number of aliphatic hydroxyl groups excluding tert-OH is 1. The highest BCUT2D eigenvalue weighted by Crippen LogP contribution is 2.56. The Morgan fingerprint density at radius 1 is 0.931 bits per heavy atom. The Hall–Kier alpha value is -4.89. The second-order valence-electron chi connectivity index (χ2n) is 15.2. The summed E-state index contributed by atoms with van der Waals surface area (Å²) in [5, 5.41) is 24.7. The van der Waals surface area contributed by atoms with E-state index in [0.717, 1.165) is 38.7 Å². The summed E-state index contributed by atoms with van der Waals surface area (Å²) in [6.07, 6.45) is -3.40. The van der Waals surface area contributed by atoms with Crippen LogP contribution in [0, 0.1) is 17.8 Å². The monoisotopic (exact) mass is 808 g/mol. The zero-order chi connectivity index (χ0) is 42.8. The maximum absolute atomic E-state index is 14.1. The van der Waals surface area contributed by atoms with Gasteiger partial charge in [0, 0.05) is 25.3 Å². The third kappa shape index (κ3) is 9.69. The summed E-state index contributed by atoms with van der Waals surface area (Å²) in [5.41, 5.74) is -4.79. The number of benzene rings is 2. The zero-order valence-electron chi connectivity index (χ0n) is 34.2. The largest absolute Gasteiger partial charge is 0.467 e. The van der Waals surface area contributed by atoms with Crippen molar-refractivity contribution in [3.63, 3.8) is 0 Å². The second-order valence-corrected chi connectivity index (χ2v) is 15.2. The molecule has 2 bridgehead atoms. The number of carbonyl (C=O) groups is 5. The van der Waals surface area contributed by atoms with Crippen molar-refractivity contribution in [2.75, 3.05) is 14.2 Å². The van der Waals surface area contributed by atoms with Gasteiger partial charge in [-0.2, -0.15) is 0 Å². The average molecular weight is 809 g/mol. The Balaban J connectivity index is 1.80. The van der Waals surface area contributed by atoms with Crippen LogP contribution in [0.1, 0.15) is 71.4 Å². The molecule has 58 heavy (non-hydrogen) atoms. The number of ether oxygens (including phenoxy) is 7. The minimum Gasteiger partial charge on any atom is -0.467 e. The molecule has 0 amide bonds. The number of fused-ring (bicyclic) bond motifs is 2. The van der Waals surface area contributed by atoms with Crippen molar-refractivity contribution in [1.82, 2.24) is 0 Å². The Bertz CT molecular complexity index is 1800. The molecule has 0 radical (unpaired) electrons. The SMILES string of the molecule is C=C(CC[C@@]12O[C@H](C(=O)OCc3ccccc3)[C@@](O)(C(=O)OC)[C@@](C(=O)OC)(O1)[C@H](OC(=O)/C=C/[C@@H](C)C[C@@H](C)CC)[C@H]2O)C(OC(C)=O)[C@H](C)Cc1ccccc1. The zero-order valence-corrected chi connectivity index (χ0v) is 34.2. The third-order valence-corrected chi connectivity index (χ3v) is 10.8. The maximum atomic E-state index is 14.1. The quantitative estimate of drug-likeness (QED) is 0.0858. The fourth-order valence-corrected chi connectivity index (χ4v) is 7.66. The van der Waals surface area contributed by atoms with E-state index in [1.165, 1.54) is 6.92 Å². The predicted octanol–water partition coefficient (Wildman–Crippen LogP) is 4.72. The highest BCUT2D eigenvalue weighted by atomic mass is 16.8. The van der Waals surface area contributed by atoms with Crippen LogP contribution >= 0.6 is 0 Å². The summed E-state index contributed by atoms with van der Waals surface area (Å²) in [4.78, 5) is 67.9. The Kier molecular flexibility index (Phi) is 15.6. The van der Waals surface area contributed by atoms with Gasteiger partial charge in [-0.15, -0.1) is 0 Å². The van der Waals surface area contributed by atoms with E-state index in [2.05, 4.69) is 13.5 Å². The maximum Gasteiger partial charge on any atom is 0.346 e. The molecule has 14 heteroatoms. The van der Waals surface area contributed by atoms with Crippen molar-refractivity contribution in [2.45, 2.75) is 115 Å². The van der Waals surface area contributed by atoms with Crippen molar-refractivity contribution in [1.29, 1.82) is 0 Å². The predicted molar refractivity (Wildman–Crippen MR) is 208 cm³/mol. The molecular formula is C44H56O14. The Morgan fingerprint density at radius 3 is 2.10 bits per heavy atom. The number of esters is 5.